The molecular formula is C9H19NO. The lowest BCUT2D eigenvalue weighted by molar-refractivity contribution is -0.130. The zero-order chi connectivity index (χ0) is 9.07. The molecule has 0 aromatic rings. The molecule has 0 saturated heterocycles. The Bertz CT molecular complexity index is 135. The molecule has 0 bridgehead atoms. The highest BCUT2D eigenvalue weighted by Crippen LogP contribution is 2.21. The monoisotopic (exact) mass is 157 g/mol. The van der Waals surface area contributed by atoms with Crippen LogP contribution in [-0.2, 0) is 4.79 Å². The van der Waals surface area contributed by atoms with Crippen LogP contribution in [0.2, 0.25) is 0 Å². The first-order chi connectivity index (χ1) is 4.89. The van der Waals surface area contributed by atoms with Crippen molar-refractivity contribution in [2.24, 2.45) is 17.1 Å². The molecule has 0 rings (SSSR count). The molecule has 0 spiro atoms. The highest BCUT2D eigenvalue weighted by atomic mass is 16.1. The van der Waals surface area contributed by atoms with Crippen molar-refractivity contribution >= 4 is 5.78 Å². The lowest BCUT2D eigenvalue weighted by Crippen LogP contribution is -2.27. The van der Waals surface area contributed by atoms with Gasteiger partial charge in [-0.1, -0.05) is 27.7 Å². The van der Waals surface area contributed by atoms with Crippen LogP contribution in [0.1, 0.15) is 34.1 Å². The van der Waals surface area contributed by atoms with Crippen LogP contribution >= 0.6 is 0 Å². The second-order valence-corrected chi connectivity index (χ2v) is 4.09. The first kappa shape index (κ1) is 10.6. The van der Waals surface area contributed by atoms with Gasteiger partial charge in [0.25, 0.3) is 0 Å². The van der Waals surface area contributed by atoms with Crippen molar-refractivity contribution in [1.29, 1.82) is 0 Å². The van der Waals surface area contributed by atoms with Crippen LogP contribution in [0.25, 0.3) is 0 Å². The van der Waals surface area contributed by atoms with Gasteiger partial charge < -0.3 is 5.73 Å². The van der Waals surface area contributed by atoms with E-state index < -0.39 is 0 Å². The summed E-state index contributed by atoms with van der Waals surface area (Å²) in [4.78, 5) is 11.5. The molecule has 0 fully saturated rings. The predicted octanol–water partition coefficient (Wildman–Crippen LogP) is 1.59. The number of rotatable bonds is 3. The van der Waals surface area contributed by atoms with Gasteiger partial charge in [-0.05, 0) is 13.0 Å². The molecule has 0 aliphatic carbocycles. The summed E-state index contributed by atoms with van der Waals surface area (Å²) in [6, 6.07) is 0. The minimum absolute atomic E-state index is 0.111. The maximum absolute atomic E-state index is 11.5. The molecule has 2 N–H and O–H groups in total. The van der Waals surface area contributed by atoms with E-state index in [2.05, 4.69) is 0 Å². The summed E-state index contributed by atoms with van der Waals surface area (Å²) in [7, 11) is 0. The number of hydrogen-bond donors (Lipinski definition) is 1. The van der Waals surface area contributed by atoms with E-state index in [0.717, 1.165) is 6.42 Å². The minimum Gasteiger partial charge on any atom is -0.330 e. The van der Waals surface area contributed by atoms with E-state index in [1.807, 2.05) is 27.7 Å². The maximum atomic E-state index is 11.5. The maximum Gasteiger partial charge on any atom is 0.141 e. The molecule has 0 unspecified atom stereocenters. The highest BCUT2D eigenvalue weighted by molar-refractivity contribution is 5.85. The summed E-state index contributed by atoms with van der Waals surface area (Å²) in [6.45, 7) is 8.39. The second kappa shape index (κ2) is 3.86. The zero-order valence-corrected chi connectivity index (χ0v) is 7.98. The Kier molecular flexibility index (Phi) is 3.73. The van der Waals surface area contributed by atoms with Gasteiger partial charge in [0.1, 0.15) is 5.78 Å². The smallest absolute Gasteiger partial charge is 0.141 e. The van der Waals surface area contributed by atoms with E-state index in [4.69, 9.17) is 5.73 Å². The number of nitrogens with two attached hydrogens (primary N) is 1. The minimum atomic E-state index is -0.214. The summed E-state index contributed by atoms with van der Waals surface area (Å²) >= 11 is 0. The van der Waals surface area contributed by atoms with Crippen LogP contribution < -0.4 is 5.73 Å². The van der Waals surface area contributed by atoms with Crippen molar-refractivity contribution in [2.45, 2.75) is 34.1 Å². The van der Waals surface area contributed by atoms with Gasteiger partial charge in [-0.2, -0.15) is 0 Å². The zero-order valence-electron chi connectivity index (χ0n) is 7.98. The van der Waals surface area contributed by atoms with Gasteiger partial charge >= 0.3 is 0 Å². The van der Waals surface area contributed by atoms with Crippen molar-refractivity contribution in [3.8, 4) is 0 Å². The SMILES string of the molecule is C[C@@H](CCN)C(=O)C(C)(C)C. The summed E-state index contributed by atoms with van der Waals surface area (Å²) < 4.78 is 0. The molecule has 66 valence electrons. The lowest BCUT2D eigenvalue weighted by atomic mass is 9.82. The first-order valence-electron chi connectivity index (χ1n) is 4.14. The third kappa shape index (κ3) is 3.51. The molecule has 0 aromatic carbocycles. The molecule has 0 saturated carbocycles. The Morgan fingerprint density at radius 3 is 2.18 bits per heavy atom. The van der Waals surface area contributed by atoms with Crippen LogP contribution in [-0.4, -0.2) is 12.3 Å². The van der Waals surface area contributed by atoms with Crippen molar-refractivity contribution in [3.05, 3.63) is 0 Å². The van der Waals surface area contributed by atoms with Crippen molar-refractivity contribution in [1.82, 2.24) is 0 Å². The molecule has 2 heteroatoms. The van der Waals surface area contributed by atoms with Gasteiger partial charge in [-0.3, -0.25) is 4.79 Å². The number of Topliss-reactive ketones (excluding diaryl/α,β-unsaturated/α-hetero) is 1. The third-order valence-electron chi connectivity index (χ3n) is 1.79. The summed E-state index contributed by atoms with van der Waals surface area (Å²) in [5.41, 5.74) is 5.14. The summed E-state index contributed by atoms with van der Waals surface area (Å²) in [6.07, 6.45) is 0.802. The van der Waals surface area contributed by atoms with Crippen LogP contribution in [0.4, 0.5) is 0 Å². The number of carbonyl (C=O) groups excluding carboxylic acids is 1. The molecule has 2 nitrogen and oxygen atoms in total. The Hall–Kier alpha value is -0.370. The first-order valence-corrected chi connectivity index (χ1v) is 4.14. The lowest BCUT2D eigenvalue weighted by Gasteiger charge is -2.21. The standard InChI is InChI=1S/C9H19NO/c1-7(5-6-10)8(11)9(2,3)4/h7H,5-6,10H2,1-4H3/t7-/m0/s1. The van der Waals surface area contributed by atoms with E-state index in [1.54, 1.807) is 0 Å². The highest BCUT2D eigenvalue weighted by Gasteiger charge is 2.25. The van der Waals surface area contributed by atoms with Gasteiger partial charge in [0.05, 0.1) is 0 Å². The van der Waals surface area contributed by atoms with Gasteiger partial charge in [-0.25, -0.2) is 0 Å². The number of ketones is 1. The Balaban J connectivity index is 4.03. The largest absolute Gasteiger partial charge is 0.330 e. The fourth-order valence-electron chi connectivity index (χ4n) is 1.12. The van der Waals surface area contributed by atoms with E-state index in [9.17, 15) is 4.79 Å². The summed E-state index contributed by atoms with van der Waals surface area (Å²) in [5, 5.41) is 0. The van der Waals surface area contributed by atoms with Crippen LogP contribution in [0.5, 0.6) is 0 Å². The van der Waals surface area contributed by atoms with E-state index in [-0.39, 0.29) is 11.3 Å². The van der Waals surface area contributed by atoms with Crippen LogP contribution in [0.15, 0.2) is 0 Å². The topological polar surface area (TPSA) is 43.1 Å². The molecule has 1 atom stereocenters. The van der Waals surface area contributed by atoms with Gasteiger partial charge in [0, 0.05) is 11.3 Å². The Labute approximate surface area is 69.2 Å². The molecule has 0 aliphatic rings. The molecule has 0 amide bonds. The van der Waals surface area contributed by atoms with E-state index in [0.29, 0.717) is 12.3 Å². The number of hydrogen-bond acceptors (Lipinski definition) is 2. The van der Waals surface area contributed by atoms with Gasteiger partial charge in [0.2, 0.25) is 0 Å². The summed E-state index contributed by atoms with van der Waals surface area (Å²) in [5.74, 6) is 0.419. The van der Waals surface area contributed by atoms with Crippen LogP contribution in [0, 0.1) is 11.3 Å². The molecule has 11 heavy (non-hydrogen) atoms. The third-order valence-corrected chi connectivity index (χ3v) is 1.79. The average Bonchev–Trinajstić information content (AvgIpc) is 1.85. The Morgan fingerprint density at radius 2 is 1.91 bits per heavy atom. The average molecular weight is 157 g/mol. The quantitative estimate of drug-likeness (QED) is 0.676. The predicted molar refractivity (Wildman–Crippen MR) is 47.3 cm³/mol. The Morgan fingerprint density at radius 1 is 1.45 bits per heavy atom. The molecule has 0 radical (unpaired) electrons. The van der Waals surface area contributed by atoms with Crippen molar-refractivity contribution in [3.63, 3.8) is 0 Å². The molecule has 0 aromatic heterocycles. The molecular weight excluding hydrogens is 138 g/mol. The van der Waals surface area contributed by atoms with Crippen molar-refractivity contribution in [2.75, 3.05) is 6.54 Å². The molecule has 0 aliphatic heterocycles. The fraction of sp³-hybridized carbons (Fsp3) is 0.889. The number of carbonyl (C=O) groups is 1. The van der Waals surface area contributed by atoms with Gasteiger partial charge in [0.15, 0.2) is 0 Å². The van der Waals surface area contributed by atoms with Crippen LogP contribution in [0.3, 0.4) is 0 Å². The van der Waals surface area contributed by atoms with Gasteiger partial charge in [-0.15, -0.1) is 0 Å². The molecule has 0 heterocycles. The normalized spacial score (nSPS) is 14.6. The van der Waals surface area contributed by atoms with E-state index in [1.165, 1.54) is 0 Å². The van der Waals surface area contributed by atoms with E-state index >= 15 is 0 Å². The fourth-order valence-corrected chi connectivity index (χ4v) is 1.12. The van der Waals surface area contributed by atoms with Crippen molar-refractivity contribution < 1.29 is 4.79 Å². The second-order valence-electron chi connectivity index (χ2n) is 4.09.